The Hall–Kier alpha value is -2.39. The monoisotopic (exact) mass is 565 g/mol. The molecule has 9 nitrogen and oxygen atoms in total. The Balaban J connectivity index is 0.000000877. The van der Waals surface area contributed by atoms with Crippen LogP contribution in [0.2, 0.25) is 0 Å². The lowest BCUT2D eigenvalue weighted by molar-refractivity contribution is -0.610. The van der Waals surface area contributed by atoms with Crippen LogP contribution < -0.4 is 9.30 Å². The highest BCUT2D eigenvalue weighted by Gasteiger charge is 2.32. The quantitative estimate of drug-likeness (QED) is 0.299. The number of imidazole rings is 1. The summed E-state index contributed by atoms with van der Waals surface area (Å²) >= 11 is 1.65. The molecule has 0 aliphatic rings. The van der Waals surface area contributed by atoms with Crippen molar-refractivity contribution >= 4 is 32.9 Å². The summed E-state index contributed by atoms with van der Waals surface area (Å²) in [5.74, 6) is 2.41. The average Bonchev–Trinajstić information content (AvgIpc) is 3.20. The van der Waals surface area contributed by atoms with Gasteiger partial charge in [0.1, 0.15) is 17.0 Å². The molecule has 0 fully saturated rings. The van der Waals surface area contributed by atoms with Crippen molar-refractivity contribution in [2.24, 2.45) is 0 Å². The van der Waals surface area contributed by atoms with E-state index in [0.29, 0.717) is 40.5 Å². The van der Waals surface area contributed by atoms with Gasteiger partial charge in [0.15, 0.2) is 5.52 Å². The number of nitrogens with one attached hydrogen (secondary N) is 1. The first-order valence-corrected chi connectivity index (χ1v) is 13.9. The van der Waals surface area contributed by atoms with Crippen molar-refractivity contribution < 1.29 is 45.3 Å². The molecule has 1 aromatic carbocycles. The zero-order chi connectivity index (χ0) is 28.0. The van der Waals surface area contributed by atoms with E-state index in [1.54, 1.807) is 31.1 Å². The third-order valence-electron chi connectivity index (χ3n) is 4.99. The number of aromatic amines is 1. The maximum atomic E-state index is 13.1. The molecule has 2 aromatic heterocycles. The zero-order valence-corrected chi connectivity index (χ0v) is 22.7. The highest BCUT2D eigenvalue weighted by atomic mass is 32.2. The van der Waals surface area contributed by atoms with Gasteiger partial charge in [-0.1, -0.05) is 4.98 Å². The van der Waals surface area contributed by atoms with Gasteiger partial charge in [-0.25, -0.2) is 18.0 Å². The number of fused-ring (bicyclic) bond motifs is 1. The molecular weight excluding hydrogens is 535 g/mol. The molecule has 0 aliphatic heterocycles. The molecule has 0 aliphatic carbocycles. The van der Waals surface area contributed by atoms with Crippen molar-refractivity contribution in [3.8, 4) is 11.7 Å². The van der Waals surface area contributed by atoms with Crippen LogP contribution in [0.3, 0.4) is 0 Å². The average molecular weight is 566 g/mol. The van der Waals surface area contributed by atoms with E-state index in [9.17, 15) is 13.2 Å². The van der Waals surface area contributed by atoms with E-state index in [1.165, 1.54) is 6.07 Å². The molecule has 0 saturated carbocycles. The Kier molecular flexibility index (Phi) is 10.4. The van der Waals surface area contributed by atoms with E-state index in [-0.39, 0.29) is 13.2 Å². The number of aliphatic hydroxyl groups is 1. The van der Waals surface area contributed by atoms with Crippen molar-refractivity contribution in [1.82, 2.24) is 9.97 Å². The lowest BCUT2D eigenvalue weighted by Crippen LogP contribution is -2.38. The predicted octanol–water partition coefficient (Wildman–Crippen LogP) is 3.36. The van der Waals surface area contributed by atoms with E-state index in [1.807, 2.05) is 25.3 Å². The molecule has 3 rings (SSSR count). The van der Waals surface area contributed by atoms with Crippen molar-refractivity contribution in [3.05, 3.63) is 47.3 Å². The Labute approximate surface area is 217 Å². The predicted molar refractivity (Wildman–Crippen MR) is 133 cm³/mol. The van der Waals surface area contributed by atoms with Crippen molar-refractivity contribution in [3.63, 3.8) is 0 Å². The maximum Gasteiger partial charge on any atom is 0.416 e. The van der Waals surface area contributed by atoms with E-state index >= 15 is 0 Å². The Morgan fingerprint density at radius 2 is 1.89 bits per heavy atom. The Morgan fingerprint density at radius 3 is 2.46 bits per heavy atom. The molecule has 0 bridgehead atoms. The minimum Gasteiger partial charge on any atom is -0.748 e. The molecule has 14 heteroatoms. The first-order valence-electron chi connectivity index (χ1n) is 10.9. The van der Waals surface area contributed by atoms with Gasteiger partial charge >= 0.3 is 12.1 Å². The standard InChI is InChI=1S/C22H27F3N3O3S.CH4O3S/c1-14-18(12-32-13-21(2,3)31-10-9-29)28(8-7-19(14)30-4)20-26-16-6-5-15(22(23,24)25)11-17(16)27-20;1-5(2,3)4/h5-8,11,29H,9-10,12-13H2,1-4H3,(H,26,27);1H3,(H,2,3,4)/q+1;/p-1. The second kappa shape index (κ2) is 12.4. The van der Waals surface area contributed by atoms with E-state index < -0.39 is 27.5 Å². The number of hydrogen-bond donors (Lipinski definition) is 2. The SMILES string of the molecule is COc1cc[n+](-c2nc3ccc(C(F)(F)F)cc3[nH]2)c(CSCC(C)(C)OCCO)c1C.CS(=O)(=O)[O-]. The number of pyridine rings is 1. The third-order valence-corrected chi connectivity index (χ3v) is 6.36. The minimum absolute atomic E-state index is 0.0365. The molecule has 0 saturated heterocycles. The van der Waals surface area contributed by atoms with Gasteiger partial charge in [0, 0.05) is 29.4 Å². The second-order valence-electron chi connectivity index (χ2n) is 8.64. The highest BCUT2D eigenvalue weighted by Crippen LogP contribution is 2.31. The fourth-order valence-corrected chi connectivity index (χ4v) is 4.55. The molecule has 2 N–H and O–H groups in total. The van der Waals surface area contributed by atoms with Gasteiger partial charge in [-0.2, -0.15) is 24.9 Å². The number of halogens is 3. The number of nitrogens with zero attached hydrogens (tertiary/aromatic N) is 2. The van der Waals surface area contributed by atoms with Crippen molar-refractivity contribution in [2.75, 3.05) is 32.3 Å². The zero-order valence-electron chi connectivity index (χ0n) is 21.0. The summed E-state index contributed by atoms with van der Waals surface area (Å²) in [6, 6.07) is 5.26. The number of aliphatic hydroxyl groups excluding tert-OH is 1. The van der Waals surface area contributed by atoms with Gasteiger partial charge in [0.05, 0.1) is 47.8 Å². The van der Waals surface area contributed by atoms with Crippen LogP contribution in [0, 0.1) is 6.92 Å². The number of hydrogen-bond acceptors (Lipinski definition) is 8. The number of methoxy groups -OCH3 is 1. The highest BCUT2D eigenvalue weighted by molar-refractivity contribution is 7.98. The van der Waals surface area contributed by atoms with Crippen LogP contribution in [0.25, 0.3) is 17.0 Å². The fourth-order valence-electron chi connectivity index (χ4n) is 3.32. The molecule has 206 valence electrons. The molecule has 0 atom stereocenters. The van der Waals surface area contributed by atoms with Gasteiger partial charge in [-0.3, -0.25) is 0 Å². The molecule has 37 heavy (non-hydrogen) atoms. The summed E-state index contributed by atoms with van der Waals surface area (Å²) in [5, 5.41) is 8.99. The maximum absolute atomic E-state index is 13.1. The number of aromatic nitrogens is 3. The summed E-state index contributed by atoms with van der Waals surface area (Å²) in [6.45, 7) is 6.08. The summed E-state index contributed by atoms with van der Waals surface area (Å²) in [6.07, 6.45) is -2.03. The topological polar surface area (TPSA) is 128 Å². The Bertz CT molecular complexity index is 1300. The molecule has 0 radical (unpaired) electrons. The van der Waals surface area contributed by atoms with E-state index in [2.05, 4.69) is 9.97 Å². The first-order chi connectivity index (χ1) is 17.1. The number of ether oxygens (including phenoxy) is 2. The van der Waals surface area contributed by atoms with Gasteiger partial charge in [0.25, 0.3) is 0 Å². The van der Waals surface area contributed by atoms with Crippen molar-refractivity contribution in [2.45, 2.75) is 38.3 Å². The number of alkyl halides is 3. The van der Waals surface area contributed by atoms with Crippen LogP contribution in [0.5, 0.6) is 5.75 Å². The number of thioether (sulfide) groups is 1. The summed E-state index contributed by atoms with van der Waals surface area (Å²) < 4.78 is 79.4. The largest absolute Gasteiger partial charge is 0.748 e. The van der Waals surface area contributed by atoms with Gasteiger partial charge in [-0.05, 0) is 39.0 Å². The van der Waals surface area contributed by atoms with Crippen LogP contribution in [-0.2, 0) is 26.8 Å². The summed E-state index contributed by atoms with van der Waals surface area (Å²) in [5.41, 5.74) is 1.43. The lowest BCUT2D eigenvalue weighted by atomic mass is 10.2. The fraction of sp³-hybridized carbons (Fsp3) is 0.478. The molecule has 0 amide bonds. The van der Waals surface area contributed by atoms with E-state index in [0.717, 1.165) is 23.4 Å². The smallest absolute Gasteiger partial charge is 0.416 e. The lowest BCUT2D eigenvalue weighted by Gasteiger charge is -2.24. The molecule has 0 unspecified atom stereocenters. The summed E-state index contributed by atoms with van der Waals surface area (Å²) in [4.78, 5) is 7.51. The Morgan fingerprint density at radius 1 is 1.24 bits per heavy atom. The van der Waals surface area contributed by atoms with E-state index in [4.69, 9.17) is 27.6 Å². The number of benzene rings is 1. The number of H-pyrrole nitrogens is 1. The molecule has 2 heterocycles. The third kappa shape index (κ3) is 9.45. The molecule has 3 aromatic rings. The number of rotatable bonds is 9. The minimum atomic E-state index is -4.42. The van der Waals surface area contributed by atoms with Crippen LogP contribution in [0.15, 0.2) is 30.5 Å². The van der Waals surface area contributed by atoms with Gasteiger partial charge < -0.3 is 19.1 Å². The first kappa shape index (κ1) is 30.8. The molecular formula is C23H30F3N3O6S2. The second-order valence-corrected chi connectivity index (χ2v) is 11.0. The van der Waals surface area contributed by atoms with Crippen LogP contribution >= 0.6 is 11.8 Å². The molecule has 0 spiro atoms. The van der Waals surface area contributed by atoms with Gasteiger partial charge in [0.2, 0.25) is 0 Å². The summed E-state index contributed by atoms with van der Waals surface area (Å²) in [7, 11) is -2.32. The van der Waals surface area contributed by atoms with Gasteiger partial charge in [-0.15, -0.1) is 0 Å². The van der Waals surface area contributed by atoms with Crippen LogP contribution in [-0.4, -0.2) is 66.0 Å². The van der Waals surface area contributed by atoms with Crippen LogP contribution in [0.1, 0.15) is 30.7 Å². The van der Waals surface area contributed by atoms with Crippen LogP contribution in [0.4, 0.5) is 13.2 Å². The normalized spacial score (nSPS) is 12.4. The van der Waals surface area contributed by atoms with Crippen molar-refractivity contribution in [1.29, 1.82) is 0 Å².